The molecule has 2 fully saturated rings. The quantitative estimate of drug-likeness (QED) is 0.456. The number of carbonyl (C=O) groups is 1. The van der Waals surface area contributed by atoms with E-state index in [2.05, 4.69) is 44.3 Å². The van der Waals surface area contributed by atoms with Gasteiger partial charge in [-0.1, -0.05) is 0 Å². The number of carbonyl (C=O) groups excluding carboxylic acids is 1. The van der Waals surface area contributed by atoms with E-state index >= 15 is 0 Å². The van der Waals surface area contributed by atoms with Gasteiger partial charge in [0.05, 0.1) is 6.54 Å². The van der Waals surface area contributed by atoms with Gasteiger partial charge in [0.2, 0.25) is 0 Å². The van der Waals surface area contributed by atoms with Crippen molar-refractivity contribution in [2.75, 3.05) is 54.8 Å². The Balaban J connectivity index is 1.20. The van der Waals surface area contributed by atoms with Gasteiger partial charge in [0.15, 0.2) is 11.6 Å². The Morgan fingerprint density at radius 3 is 2.34 bits per heavy atom. The van der Waals surface area contributed by atoms with Gasteiger partial charge in [-0.05, 0) is 76.1 Å². The van der Waals surface area contributed by atoms with Crippen LogP contribution in [0.3, 0.4) is 0 Å². The average Bonchev–Trinajstić information content (AvgIpc) is 2.95. The molecule has 10 nitrogen and oxygen atoms in total. The number of nitrogens with zero attached hydrogens (tertiary/aromatic N) is 5. The summed E-state index contributed by atoms with van der Waals surface area (Å²) in [5.74, 6) is -0.103. The number of anilines is 3. The first-order valence-electron chi connectivity index (χ1n) is 13.9. The van der Waals surface area contributed by atoms with E-state index in [1.165, 1.54) is 18.2 Å². The Hall–Kier alpha value is -4.28. The number of phenolic OH excluding ortho intramolecular Hbond substituents is 1. The molecule has 2 saturated heterocycles. The van der Waals surface area contributed by atoms with E-state index in [1.807, 2.05) is 20.8 Å². The molecule has 1 aromatic heterocycles. The van der Waals surface area contributed by atoms with Crippen LogP contribution >= 0.6 is 0 Å². The number of aromatic nitrogens is 2. The van der Waals surface area contributed by atoms with E-state index < -0.39 is 11.4 Å². The summed E-state index contributed by atoms with van der Waals surface area (Å²) in [5, 5.41) is 18.2. The molecule has 2 aliphatic rings. The Morgan fingerprint density at radius 1 is 0.976 bits per heavy atom. The van der Waals surface area contributed by atoms with E-state index in [0.29, 0.717) is 25.4 Å². The molecule has 5 rings (SSSR count). The maximum Gasteiger partial charge on any atom is 0.410 e. The van der Waals surface area contributed by atoms with Gasteiger partial charge in [-0.3, -0.25) is 0 Å². The van der Waals surface area contributed by atoms with Gasteiger partial charge in [-0.25, -0.2) is 9.18 Å². The molecule has 0 radical (unpaired) electrons. The summed E-state index contributed by atoms with van der Waals surface area (Å²) in [5.41, 5.74) is 8.27. The minimum atomic E-state index is -0.500. The van der Waals surface area contributed by atoms with Gasteiger partial charge in [0.25, 0.3) is 0 Å². The standard InChI is InChI=1S/C30H37FN6O4/c1-30(2,3)41-29(39)36-15-13-35(14-16-36)21-7-9-22(10-8-21)37-12-4-5-23(19-37)40-27-18-25(33-34-28(27)32)24-17-20(31)6-11-26(24)38/h6-11,17-18,23,38H,4-5,12-16,19H2,1-3H3,(H2,32,34). The highest BCUT2D eigenvalue weighted by Gasteiger charge is 2.27. The third-order valence-electron chi connectivity index (χ3n) is 7.20. The molecule has 0 saturated carbocycles. The summed E-state index contributed by atoms with van der Waals surface area (Å²) >= 11 is 0. The lowest BCUT2D eigenvalue weighted by atomic mass is 10.1. The number of piperidine rings is 1. The van der Waals surface area contributed by atoms with E-state index in [4.69, 9.17) is 15.2 Å². The fraction of sp³-hybridized carbons (Fsp3) is 0.433. The monoisotopic (exact) mass is 564 g/mol. The molecule has 218 valence electrons. The lowest BCUT2D eigenvalue weighted by molar-refractivity contribution is 0.0240. The van der Waals surface area contributed by atoms with Crippen molar-refractivity contribution in [3.05, 3.63) is 54.3 Å². The maximum atomic E-state index is 13.8. The highest BCUT2D eigenvalue weighted by atomic mass is 19.1. The van der Waals surface area contributed by atoms with Gasteiger partial charge >= 0.3 is 6.09 Å². The lowest BCUT2D eigenvalue weighted by Gasteiger charge is -2.37. The smallest absolute Gasteiger partial charge is 0.410 e. The molecule has 0 aliphatic carbocycles. The Morgan fingerprint density at radius 2 is 1.66 bits per heavy atom. The molecular weight excluding hydrogens is 527 g/mol. The van der Waals surface area contributed by atoms with Crippen LogP contribution < -0.4 is 20.3 Å². The summed E-state index contributed by atoms with van der Waals surface area (Å²) in [6.07, 6.45) is 1.39. The third-order valence-corrected chi connectivity index (χ3v) is 7.20. The van der Waals surface area contributed by atoms with Crippen LogP contribution in [0.25, 0.3) is 11.3 Å². The molecule has 1 atom stereocenters. The zero-order valence-corrected chi connectivity index (χ0v) is 23.7. The van der Waals surface area contributed by atoms with Crippen LogP contribution in [0.1, 0.15) is 33.6 Å². The molecule has 2 aliphatic heterocycles. The molecule has 1 amide bonds. The molecule has 11 heteroatoms. The predicted octanol–water partition coefficient (Wildman–Crippen LogP) is 4.68. The molecule has 0 spiro atoms. The van der Waals surface area contributed by atoms with Crippen LogP contribution in [0.15, 0.2) is 48.5 Å². The highest BCUT2D eigenvalue weighted by molar-refractivity contribution is 5.69. The molecule has 3 heterocycles. The van der Waals surface area contributed by atoms with E-state index in [9.17, 15) is 14.3 Å². The minimum Gasteiger partial charge on any atom is -0.507 e. The van der Waals surface area contributed by atoms with Crippen molar-refractivity contribution in [1.29, 1.82) is 0 Å². The summed E-state index contributed by atoms with van der Waals surface area (Å²) in [7, 11) is 0. The Kier molecular flexibility index (Phi) is 8.05. The number of rotatable bonds is 5. The van der Waals surface area contributed by atoms with Crippen molar-refractivity contribution in [3.63, 3.8) is 0 Å². The van der Waals surface area contributed by atoms with Crippen LogP contribution in [0.4, 0.5) is 26.4 Å². The minimum absolute atomic E-state index is 0.103. The fourth-order valence-electron chi connectivity index (χ4n) is 5.12. The summed E-state index contributed by atoms with van der Waals surface area (Å²) < 4.78 is 25.5. The summed E-state index contributed by atoms with van der Waals surface area (Å²) in [6.45, 7) is 9.93. The molecule has 0 bridgehead atoms. The molecule has 2 aromatic carbocycles. The van der Waals surface area contributed by atoms with Crippen molar-refractivity contribution >= 4 is 23.3 Å². The number of aromatic hydroxyl groups is 1. The van der Waals surface area contributed by atoms with Crippen LogP contribution in [0, 0.1) is 5.82 Å². The number of piperazine rings is 1. The zero-order valence-electron chi connectivity index (χ0n) is 23.7. The first-order chi connectivity index (χ1) is 19.6. The SMILES string of the molecule is CC(C)(C)OC(=O)N1CCN(c2ccc(N3CCCC(Oc4cc(-c5cc(F)ccc5O)nnc4N)C3)cc2)CC1. The second kappa shape index (κ2) is 11.7. The number of hydrogen-bond acceptors (Lipinski definition) is 9. The highest BCUT2D eigenvalue weighted by Crippen LogP contribution is 2.33. The van der Waals surface area contributed by atoms with Crippen LogP contribution in [-0.2, 0) is 4.74 Å². The van der Waals surface area contributed by atoms with Crippen molar-refractivity contribution in [3.8, 4) is 22.8 Å². The van der Waals surface area contributed by atoms with Crippen LogP contribution in [0.2, 0.25) is 0 Å². The van der Waals surface area contributed by atoms with Crippen LogP contribution in [0.5, 0.6) is 11.5 Å². The summed E-state index contributed by atoms with van der Waals surface area (Å²) in [4.78, 5) is 18.7. The van der Waals surface area contributed by atoms with Gasteiger partial charge in [0.1, 0.15) is 29.0 Å². The predicted molar refractivity (Wildman–Crippen MR) is 156 cm³/mol. The van der Waals surface area contributed by atoms with Gasteiger partial charge < -0.3 is 35.0 Å². The van der Waals surface area contributed by atoms with Gasteiger partial charge in [-0.15, -0.1) is 10.2 Å². The first kappa shape index (κ1) is 28.3. The first-order valence-corrected chi connectivity index (χ1v) is 13.9. The lowest BCUT2D eigenvalue weighted by Crippen LogP contribution is -2.50. The number of halogens is 1. The van der Waals surface area contributed by atoms with Crippen molar-refractivity contribution in [2.45, 2.75) is 45.3 Å². The fourth-order valence-corrected chi connectivity index (χ4v) is 5.12. The molecular formula is C30H37FN6O4. The Labute approximate surface area is 239 Å². The number of phenols is 1. The second-order valence-corrected chi connectivity index (χ2v) is 11.4. The number of amides is 1. The maximum absolute atomic E-state index is 13.8. The van der Waals surface area contributed by atoms with E-state index in [0.717, 1.165) is 43.9 Å². The van der Waals surface area contributed by atoms with Gasteiger partial charge in [0, 0.05) is 55.7 Å². The molecule has 1 unspecified atom stereocenters. The molecule has 41 heavy (non-hydrogen) atoms. The number of nitrogens with two attached hydrogens (primary N) is 1. The average molecular weight is 565 g/mol. The van der Waals surface area contributed by atoms with Crippen molar-refractivity contribution in [2.24, 2.45) is 0 Å². The molecule has 3 aromatic rings. The topological polar surface area (TPSA) is 117 Å². The number of ether oxygens (including phenoxy) is 2. The number of hydrogen-bond donors (Lipinski definition) is 2. The summed E-state index contributed by atoms with van der Waals surface area (Å²) in [6, 6.07) is 13.7. The largest absolute Gasteiger partial charge is 0.507 e. The van der Waals surface area contributed by atoms with E-state index in [1.54, 1.807) is 11.0 Å². The number of nitrogen functional groups attached to an aromatic ring is 1. The number of benzene rings is 2. The van der Waals surface area contributed by atoms with Crippen LogP contribution in [-0.4, -0.2) is 77.3 Å². The van der Waals surface area contributed by atoms with E-state index in [-0.39, 0.29) is 35.0 Å². The zero-order chi connectivity index (χ0) is 29.1. The Bertz CT molecular complexity index is 1370. The second-order valence-electron chi connectivity index (χ2n) is 11.4. The molecule has 3 N–H and O–H groups in total. The normalized spacial score (nSPS) is 17.9. The van der Waals surface area contributed by atoms with Crippen molar-refractivity contribution < 1.29 is 23.8 Å². The van der Waals surface area contributed by atoms with Gasteiger partial charge in [-0.2, -0.15) is 0 Å². The third kappa shape index (κ3) is 6.90. The van der Waals surface area contributed by atoms with Crippen molar-refractivity contribution in [1.82, 2.24) is 15.1 Å².